The van der Waals surface area contributed by atoms with Gasteiger partial charge < -0.3 is 9.64 Å². The Bertz CT molecular complexity index is 1480. The molecule has 1 aromatic carbocycles. The van der Waals surface area contributed by atoms with Gasteiger partial charge >= 0.3 is 0 Å². The van der Waals surface area contributed by atoms with Crippen LogP contribution in [0.4, 0.5) is 10.3 Å². The van der Waals surface area contributed by atoms with Gasteiger partial charge in [-0.3, -0.25) is 4.40 Å². The molecule has 1 fully saturated rings. The summed E-state index contributed by atoms with van der Waals surface area (Å²) >= 11 is 0. The Kier molecular flexibility index (Phi) is 5.64. The average Bonchev–Trinajstić information content (AvgIpc) is 3.61. The fourth-order valence-electron chi connectivity index (χ4n) is 4.30. The zero-order valence-electron chi connectivity index (χ0n) is 19.4. The lowest BCUT2D eigenvalue weighted by molar-refractivity contribution is 0.428. The molecule has 4 aromatic heterocycles. The number of anilines is 1. The maximum absolute atomic E-state index is 14.8. The molecule has 0 atom stereocenters. The maximum Gasteiger partial charge on any atom is 0.265 e. The Balaban J connectivity index is 1.19. The lowest BCUT2D eigenvalue weighted by atomic mass is 9.96. The number of piperidine rings is 1. The number of rotatable bonds is 6. The highest BCUT2D eigenvalue weighted by Gasteiger charge is 2.27. The van der Waals surface area contributed by atoms with Gasteiger partial charge in [0.2, 0.25) is 11.6 Å². The second kappa shape index (κ2) is 9.24. The van der Waals surface area contributed by atoms with Gasteiger partial charge in [0.15, 0.2) is 11.6 Å². The summed E-state index contributed by atoms with van der Waals surface area (Å²) in [7, 11) is 0. The molecular formula is C23H22FN11O. The van der Waals surface area contributed by atoms with Crippen molar-refractivity contribution in [2.24, 2.45) is 0 Å². The van der Waals surface area contributed by atoms with E-state index in [2.05, 4.69) is 52.5 Å². The predicted molar refractivity (Wildman–Crippen MR) is 126 cm³/mol. The summed E-state index contributed by atoms with van der Waals surface area (Å²) in [4.78, 5) is 15.5. The van der Waals surface area contributed by atoms with E-state index in [-0.39, 0.29) is 17.5 Å². The molecule has 0 radical (unpaired) electrons. The van der Waals surface area contributed by atoms with E-state index in [0.29, 0.717) is 11.3 Å². The van der Waals surface area contributed by atoms with Crippen LogP contribution in [-0.2, 0) is 6.42 Å². The second-order valence-electron chi connectivity index (χ2n) is 8.46. The van der Waals surface area contributed by atoms with Crippen molar-refractivity contribution < 1.29 is 9.13 Å². The summed E-state index contributed by atoms with van der Waals surface area (Å²) < 4.78 is 23.8. The fourth-order valence-corrected chi connectivity index (χ4v) is 4.30. The Morgan fingerprint density at radius 3 is 2.64 bits per heavy atom. The number of hydrogen-bond donors (Lipinski definition) is 0. The third-order valence-corrected chi connectivity index (χ3v) is 6.30. The summed E-state index contributed by atoms with van der Waals surface area (Å²) in [5.41, 5.74) is 2.02. The van der Waals surface area contributed by atoms with Crippen molar-refractivity contribution in [3.05, 3.63) is 66.5 Å². The Labute approximate surface area is 204 Å². The molecule has 5 aromatic rings. The van der Waals surface area contributed by atoms with Gasteiger partial charge in [0, 0.05) is 49.9 Å². The normalized spacial score (nSPS) is 14.4. The van der Waals surface area contributed by atoms with Gasteiger partial charge in [0.05, 0.1) is 5.69 Å². The number of tetrazole rings is 1. The van der Waals surface area contributed by atoms with Crippen molar-refractivity contribution in [2.45, 2.75) is 32.1 Å². The Hall–Kier alpha value is -4.55. The van der Waals surface area contributed by atoms with E-state index in [4.69, 9.17) is 4.74 Å². The van der Waals surface area contributed by atoms with Crippen LogP contribution in [0.2, 0.25) is 0 Å². The first-order valence-corrected chi connectivity index (χ1v) is 11.7. The number of halogens is 1. The van der Waals surface area contributed by atoms with Gasteiger partial charge in [0.1, 0.15) is 12.2 Å². The lowest BCUT2D eigenvalue weighted by Crippen LogP contribution is -2.34. The van der Waals surface area contributed by atoms with E-state index in [9.17, 15) is 4.39 Å². The molecule has 5 heterocycles. The monoisotopic (exact) mass is 487 g/mol. The second-order valence-corrected chi connectivity index (χ2v) is 8.46. The van der Waals surface area contributed by atoms with Crippen molar-refractivity contribution in [2.75, 3.05) is 18.0 Å². The van der Waals surface area contributed by atoms with Gasteiger partial charge in [0.25, 0.3) is 5.88 Å². The van der Waals surface area contributed by atoms with E-state index in [0.717, 1.165) is 49.7 Å². The third-order valence-electron chi connectivity index (χ3n) is 6.30. The molecule has 0 amide bonds. The summed E-state index contributed by atoms with van der Waals surface area (Å²) in [6.07, 6.45) is 11.2. The third kappa shape index (κ3) is 4.08. The Morgan fingerprint density at radius 2 is 1.92 bits per heavy atom. The van der Waals surface area contributed by atoms with Crippen molar-refractivity contribution in [3.63, 3.8) is 0 Å². The first-order valence-electron chi connectivity index (χ1n) is 11.7. The van der Waals surface area contributed by atoms with Crippen molar-refractivity contribution >= 4 is 11.6 Å². The molecule has 1 aliphatic rings. The van der Waals surface area contributed by atoms with Crippen LogP contribution >= 0.6 is 0 Å². The largest absolute Gasteiger partial charge is 0.433 e. The molecular weight excluding hydrogens is 465 g/mol. The minimum atomic E-state index is -0.576. The van der Waals surface area contributed by atoms with Crippen LogP contribution in [0.3, 0.4) is 0 Å². The molecule has 182 valence electrons. The van der Waals surface area contributed by atoms with Crippen molar-refractivity contribution in [3.8, 4) is 17.3 Å². The Morgan fingerprint density at radius 1 is 1.08 bits per heavy atom. The van der Waals surface area contributed by atoms with E-state index < -0.39 is 5.82 Å². The number of hydrogen-bond acceptors (Lipinski definition) is 10. The summed E-state index contributed by atoms with van der Waals surface area (Å²) in [5.74, 6) is 1.40. The quantitative estimate of drug-likeness (QED) is 0.353. The molecule has 0 spiro atoms. The van der Waals surface area contributed by atoms with E-state index in [1.807, 2.05) is 16.8 Å². The molecule has 13 heteroatoms. The number of nitrogens with zero attached hydrogens (tertiary/aromatic N) is 11. The zero-order valence-corrected chi connectivity index (χ0v) is 19.4. The number of aromatic nitrogens is 10. The van der Waals surface area contributed by atoms with Crippen molar-refractivity contribution in [1.82, 2.24) is 49.8 Å². The summed E-state index contributed by atoms with van der Waals surface area (Å²) in [6, 6.07) is 4.44. The van der Waals surface area contributed by atoms with Crippen LogP contribution in [-0.4, -0.2) is 62.8 Å². The van der Waals surface area contributed by atoms with E-state index in [1.165, 1.54) is 23.1 Å². The molecule has 1 saturated heterocycles. The van der Waals surface area contributed by atoms with Crippen LogP contribution in [0.25, 0.3) is 11.3 Å². The van der Waals surface area contributed by atoms with Gasteiger partial charge in [-0.1, -0.05) is 6.92 Å². The molecule has 0 aliphatic carbocycles. The maximum atomic E-state index is 14.8. The molecule has 6 rings (SSSR count). The van der Waals surface area contributed by atoms with Crippen molar-refractivity contribution in [1.29, 1.82) is 0 Å². The SMILES string of the molecule is CCc1cnc(N2CCC(c3nnc4c(Oc5ccc(-n6cnnn6)cc5F)nccn34)CC2)nc1. The van der Waals surface area contributed by atoms with Crippen LogP contribution in [0, 0.1) is 5.82 Å². The fraction of sp³-hybridized carbons (Fsp3) is 0.304. The minimum absolute atomic E-state index is 0.0133. The van der Waals surface area contributed by atoms with E-state index in [1.54, 1.807) is 18.5 Å². The van der Waals surface area contributed by atoms with Crippen LogP contribution in [0.5, 0.6) is 11.6 Å². The van der Waals surface area contributed by atoms with Crippen LogP contribution in [0.1, 0.15) is 37.1 Å². The molecule has 36 heavy (non-hydrogen) atoms. The zero-order chi connectivity index (χ0) is 24.5. The molecule has 0 N–H and O–H groups in total. The highest BCUT2D eigenvalue weighted by atomic mass is 19.1. The minimum Gasteiger partial charge on any atom is -0.433 e. The molecule has 0 unspecified atom stereocenters. The van der Waals surface area contributed by atoms with Crippen LogP contribution in [0.15, 0.2) is 49.3 Å². The summed E-state index contributed by atoms with van der Waals surface area (Å²) in [6.45, 7) is 3.72. The highest BCUT2D eigenvalue weighted by Crippen LogP contribution is 2.31. The van der Waals surface area contributed by atoms with Gasteiger partial charge in [-0.25, -0.2) is 24.0 Å². The van der Waals surface area contributed by atoms with Gasteiger partial charge in [-0.2, -0.15) is 0 Å². The number of aryl methyl sites for hydroxylation is 1. The van der Waals surface area contributed by atoms with Gasteiger partial charge in [-0.15, -0.1) is 15.3 Å². The topological polar surface area (TPSA) is 125 Å². The highest BCUT2D eigenvalue weighted by molar-refractivity contribution is 5.51. The lowest BCUT2D eigenvalue weighted by Gasteiger charge is -2.31. The molecule has 0 saturated carbocycles. The average molecular weight is 488 g/mol. The first-order chi connectivity index (χ1) is 17.7. The molecule has 12 nitrogen and oxygen atoms in total. The molecule has 1 aliphatic heterocycles. The number of fused-ring (bicyclic) bond motifs is 1. The number of benzene rings is 1. The smallest absolute Gasteiger partial charge is 0.265 e. The first kappa shape index (κ1) is 21.9. The summed E-state index contributed by atoms with van der Waals surface area (Å²) in [5, 5.41) is 19.6. The molecule has 0 bridgehead atoms. The van der Waals surface area contributed by atoms with Gasteiger partial charge in [-0.05, 0) is 47.4 Å². The van der Waals surface area contributed by atoms with Crippen LogP contribution < -0.4 is 9.64 Å². The predicted octanol–water partition coefficient (Wildman–Crippen LogP) is 2.77. The number of ether oxygens (including phenoxy) is 1. The van der Waals surface area contributed by atoms with E-state index >= 15 is 0 Å². The standard InChI is InChI=1S/C23H22FN11O/c1-2-15-12-26-23(27-13-15)33-8-5-16(6-9-33)20-29-30-21-22(25-7-10-34(20)21)36-19-4-3-17(11-18(19)24)35-14-28-31-32-35/h3-4,7,10-14,16H,2,5-6,8-9H2,1H3.